The second-order valence-corrected chi connectivity index (χ2v) is 11.9. The van der Waals surface area contributed by atoms with Gasteiger partial charge in [0, 0.05) is 19.5 Å². The second kappa shape index (κ2) is 15.0. The van der Waals surface area contributed by atoms with E-state index in [4.69, 9.17) is 4.74 Å². The summed E-state index contributed by atoms with van der Waals surface area (Å²) in [4.78, 5) is 29.5. The number of sulfonamides is 1. The minimum absolute atomic E-state index is 0.0507. The van der Waals surface area contributed by atoms with E-state index in [0.717, 1.165) is 21.9 Å². The molecule has 0 aliphatic heterocycles. The van der Waals surface area contributed by atoms with Gasteiger partial charge in [-0.05, 0) is 53.9 Å². The van der Waals surface area contributed by atoms with Crippen molar-refractivity contribution in [1.82, 2.24) is 10.2 Å². The summed E-state index contributed by atoms with van der Waals surface area (Å²) >= 11 is 0. The Kier molecular flexibility index (Phi) is 10.9. The molecule has 0 spiro atoms. The van der Waals surface area contributed by atoms with Crippen LogP contribution in [0.3, 0.4) is 0 Å². The van der Waals surface area contributed by atoms with E-state index in [1.165, 1.54) is 24.1 Å². The number of rotatable bonds is 14. The zero-order valence-electron chi connectivity index (χ0n) is 24.4. The Morgan fingerprint density at radius 1 is 0.791 bits per heavy atom. The average Bonchev–Trinajstić information content (AvgIpc) is 3.05. The van der Waals surface area contributed by atoms with E-state index in [1.54, 1.807) is 42.5 Å². The fourth-order valence-electron chi connectivity index (χ4n) is 4.70. The van der Waals surface area contributed by atoms with E-state index >= 15 is 0 Å². The molecule has 0 aliphatic rings. The van der Waals surface area contributed by atoms with Gasteiger partial charge >= 0.3 is 0 Å². The van der Waals surface area contributed by atoms with Gasteiger partial charge in [-0.1, -0.05) is 85.8 Å². The van der Waals surface area contributed by atoms with Crippen LogP contribution in [0.15, 0.2) is 120 Å². The first kappa shape index (κ1) is 31.3. The highest BCUT2D eigenvalue weighted by molar-refractivity contribution is 7.92. The summed E-state index contributed by atoms with van der Waals surface area (Å²) < 4.78 is 34.3. The van der Waals surface area contributed by atoms with Crippen LogP contribution in [-0.4, -0.2) is 51.4 Å². The van der Waals surface area contributed by atoms with Crippen molar-refractivity contribution in [3.8, 4) is 5.75 Å². The molecule has 9 heteroatoms. The molecule has 0 saturated heterocycles. The number of hydrogen-bond acceptors (Lipinski definition) is 5. The molecule has 0 aromatic heterocycles. The number of nitrogens with one attached hydrogen (secondary N) is 1. The predicted molar refractivity (Wildman–Crippen MR) is 168 cm³/mol. The molecule has 1 atom stereocenters. The Morgan fingerprint density at radius 2 is 1.35 bits per heavy atom. The Balaban J connectivity index is 1.77. The lowest BCUT2D eigenvalue weighted by Gasteiger charge is -2.34. The number of amides is 2. The molecule has 0 radical (unpaired) electrons. The largest absolute Gasteiger partial charge is 0.497 e. The average molecular weight is 600 g/mol. The van der Waals surface area contributed by atoms with Crippen molar-refractivity contribution in [2.24, 2.45) is 0 Å². The van der Waals surface area contributed by atoms with Crippen LogP contribution in [0.1, 0.15) is 24.5 Å². The smallest absolute Gasteiger partial charge is 0.264 e. The number of anilines is 1. The molecule has 0 aliphatic carbocycles. The summed E-state index contributed by atoms with van der Waals surface area (Å²) in [6.07, 6.45) is 1.000. The molecule has 0 unspecified atom stereocenters. The van der Waals surface area contributed by atoms with E-state index in [9.17, 15) is 18.0 Å². The third-order valence-electron chi connectivity index (χ3n) is 6.99. The molecule has 0 fully saturated rings. The molecule has 0 bridgehead atoms. The van der Waals surface area contributed by atoms with Crippen molar-refractivity contribution in [3.05, 3.63) is 126 Å². The van der Waals surface area contributed by atoms with Crippen molar-refractivity contribution >= 4 is 27.5 Å². The number of carbonyl (C=O) groups is 2. The Morgan fingerprint density at radius 3 is 1.91 bits per heavy atom. The van der Waals surface area contributed by atoms with Crippen LogP contribution in [0.25, 0.3) is 0 Å². The summed E-state index contributed by atoms with van der Waals surface area (Å²) in [7, 11) is -2.63. The van der Waals surface area contributed by atoms with E-state index in [0.29, 0.717) is 18.0 Å². The first-order chi connectivity index (χ1) is 20.8. The fourth-order valence-corrected chi connectivity index (χ4v) is 6.13. The first-order valence-corrected chi connectivity index (χ1v) is 15.6. The van der Waals surface area contributed by atoms with E-state index in [2.05, 4.69) is 5.32 Å². The lowest BCUT2D eigenvalue weighted by molar-refractivity contribution is -0.140. The normalized spacial score (nSPS) is 11.8. The molecule has 4 rings (SSSR count). The monoisotopic (exact) mass is 599 g/mol. The van der Waals surface area contributed by atoms with Crippen molar-refractivity contribution in [2.45, 2.75) is 37.2 Å². The Hall–Kier alpha value is -4.63. The van der Waals surface area contributed by atoms with E-state index < -0.39 is 28.5 Å². The number of nitrogens with zero attached hydrogens (tertiary/aromatic N) is 2. The summed E-state index contributed by atoms with van der Waals surface area (Å²) in [6.45, 7) is 2.03. The molecule has 8 nitrogen and oxygen atoms in total. The Labute approximate surface area is 254 Å². The SMILES string of the molecule is CCCNC(=O)[C@H](Cc1ccccc1)N(Cc1ccccc1)C(=O)CN(c1ccc(OC)cc1)S(=O)(=O)c1ccccc1. The van der Waals surface area contributed by atoms with E-state index in [-0.39, 0.29) is 23.8 Å². The van der Waals surface area contributed by atoms with Gasteiger partial charge in [0.15, 0.2) is 0 Å². The zero-order chi connectivity index (χ0) is 30.7. The zero-order valence-corrected chi connectivity index (χ0v) is 25.2. The molecule has 0 heterocycles. The Bertz CT molecular complexity index is 1570. The van der Waals surface area contributed by atoms with Crippen LogP contribution in [0.4, 0.5) is 5.69 Å². The number of carbonyl (C=O) groups excluding carboxylic acids is 2. The maximum atomic E-state index is 14.4. The van der Waals surface area contributed by atoms with Gasteiger partial charge in [0.05, 0.1) is 17.7 Å². The van der Waals surface area contributed by atoms with Gasteiger partial charge in [-0.25, -0.2) is 8.42 Å². The standard InChI is InChI=1S/C34H37N3O5S/c1-3-23-35-34(39)32(24-27-13-7-4-8-14-27)36(25-28-15-9-5-10-16-28)33(38)26-37(29-19-21-30(42-2)22-20-29)43(40,41)31-17-11-6-12-18-31/h4-22,32H,3,23-26H2,1-2H3,(H,35,39)/t32-/m0/s1. The van der Waals surface area contributed by atoms with Crippen molar-refractivity contribution in [3.63, 3.8) is 0 Å². The lowest BCUT2D eigenvalue weighted by atomic mass is 10.0. The maximum absolute atomic E-state index is 14.4. The summed E-state index contributed by atoms with van der Waals surface area (Å²) in [6, 6.07) is 32.5. The van der Waals surface area contributed by atoms with Gasteiger partial charge in [-0.2, -0.15) is 0 Å². The molecular weight excluding hydrogens is 562 g/mol. The van der Waals surface area contributed by atoms with Gasteiger partial charge in [0.25, 0.3) is 10.0 Å². The molecule has 224 valence electrons. The summed E-state index contributed by atoms with van der Waals surface area (Å²) in [5, 5.41) is 2.95. The molecule has 4 aromatic carbocycles. The molecular formula is C34H37N3O5S. The number of ether oxygens (including phenoxy) is 1. The maximum Gasteiger partial charge on any atom is 0.264 e. The van der Waals surface area contributed by atoms with Gasteiger partial charge < -0.3 is 15.0 Å². The molecule has 43 heavy (non-hydrogen) atoms. The highest BCUT2D eigenvalue weighted by Crippen LogP contribution is 2.27. The number of methoxy groups -OCH3 is 1. The van der Waals surface area contributed by atoms with Crippen LogP contribution < -0.4 is 14.4 Å². The molecule has 1 N–H and O–H groups in total. The van der Waals surface area contributed by atoms with Gasteiger partial charge in [-0.3, -0.25) is 13.9 Å². The number of benzene rings is 4. The third kappa shape index (κ3) is 8.23. The third-order valence-corrected chi connectivity index (χ3v) is 8.77. The number of hydrogen-bond donors (Lipinski definition) is 1. The second-order valence-electron chi connectivity index (χ2n) is 10.0. The molecule has 4 aromatic rings. The molecule has 2 amide bonds. The van der Waals surface area contributed by atoms with Crippen molar-refractivity contribution in [1.29, 1.82) is 0 Å². The minimum atomic E-state index is -4.15. The first-order valence-electron chi connectivity index (χ1n) is 14.2. The van der Waals surface area contributed by atoms with Crippen LogP contribution >= 0.6 is 0 Å². The predicted octanol–water partition coefficient (Wildman–Crippen LogP) is 5.06. The minimum Gasteiger partial charge on any atom is -0.497 e. The fraction of sp³-hybridized carbons (Fsp3) is 0.235. The summed E-state index contributed by atoms with van der Waals surface area (Å²) in [5.41, 5.74) is 2.00. The summed E-state index contributed by atoms with van der Waals surface area (Å²) in [5.74, 6) is -0.253. The van der Waals surface area contributed by atoms with Crippen molar-refractivity contribution < 1.29 is 22.7 Å². The van der Waals surface area contributed by atoms with Crippen molar-refractivity contribution in [2.75, 3.05) is 24.5 Å². The quantitative estimate of drug-likeness (QED) is 0.219. The van der Waals surface area contributed by atoms with Gasteiger partial charge in [0.2, 0.25) is 11.8 Å². The lowest BCUT2D eigenvalue weighted by Crippen LogP contribution is -2.53. The molecule has 0 saturated carbocycles. The van der Waals surface area contributed by atoms with E-state index in [1.807, 2.05) is 67.6 Å². The van der Waals surface area contributed by atoms with Gasteiger partial charge in [0.1, 0.15) is 18.3 Å². The van der Waals surface area contributed by atoms with Crippen LogP contribution in [0.2, 0.25) is 0 Å². The highest BCUT2D eigenvalue weighted by Gasteiger charge is 2.34. The topological polar surface area (TPSA) is 96.0 Å². The van der Waals surface area contributed by atoms with Crippen LogP contribution in [-0.2, 0) is 32.6 Å². The highest BCUT2D eigenvalue weighted by atomic mass is 32.2. The van der Waals surface area contributed by atoms with Crippen LogP contribution in [0, 0.1) is 0 Å². The van der Waals surface area contributed by atoms with Gasteiger partial charge in [-0.15, -0.1) is 0 Å². The van der Waals surface area contributed by atoms with Crippen LogP contribution in [0.5, 0.6) is 5.75 Å².